The molecule has 1 amide bonds. The Morgan fingerprint density at radius 2 is 2.29 bits per heavy atom. The van der Waals surface area contributed by atoms with E-state index in [-0.39, 0.29) is 18.7 Å². The SMILES string of the molecule is O=C(O)CC1=NN(c2cccc(Cl)c2)C(=O)C1. The second-order valence-corrected chi connectivity index (χ2v) is 4.04. The molecule has 0 bridgehead atoms. The summed E-state index contributed by atoms with van der Waals surface area (Å²) < 4.78 is 0. The van der Waals surface area contributed by atoms with Crippen LogP contribution in [0.25, 0.3) is 0 Å². The summed E-state index contributed by atoms with van der Waals surface area (Å²) in [4.78, 5) is 22.2. The highest BCUT2D eigenvalue weighted by Crippen LogP contribution is 2.24. The van der Waals surface area contributed by atoms with Gasteiger partial charge in [-0.25, -0.2) is 5.01 Å². The van der Waals surface area contributed by atoms with Crippen LogP contribution in [-0.4, -0.2) is 22.7 Å². The molecule has 5 nitrogen and oxygen atoms in total. The fourth-order valence-electron chi connectivity index (χ4n) is 1.56. The second-order valence-electron chi connectivity index (χ2n) is 3.60. The van der Waals surface area contributed by atoms with Crippen molar-refractivity contribution in [1.29, 1.82) is 0 Å². The molecule has 1 aromatic carbocycles. The minimum atomic E-state index is -0.996. The third-order valence-electron chi connectivity index (χ3n) is 2.24. The molecule has 1 aromatic rings. The fraction of sp³-hybridized carbons (Fsp3) is 0.182. The lowest BCUT2D eigenvalue weighted by Gasteiger charge is -2.11. The van der Waals surface area contributed by atoms with Crippen LogP contribution in [0.1, 0.15) is 12.8 Å². The third kappa shape index (κ3) is 2.62. The smallest absolute Gasteiger partial charge is 0.309 e. The Bertz CT molecular complexity index is 513. The van der Waals surface area contributed by atoms with Crippen molar-refractivity contribution >= 4 is 34.9 Å². The van der Waals surface area contributed by atoms with Crippen molar-refractivity contribution in [2.45, 2.75) is 12.8 Å². The monoisotopic (exact) mass is 252 g/mol. The van der Waals surface area contributed by atoms with Gasteiger partial charge in [0.05, 0.1) is 24.2 Å². The molecular weight excluding hydrogens is 244 g/mol. The van der Waals surface area contributed by atoms with Crippen LogP contribution in [0.5, 0.6) is 0 Å². The molecule has 88 valence electrons. The Kier molecular flexibility index (Phi) is 3.10. The van der Waals surface area contributed by atoms with Gasteiger partial charge in [0, 0.05) is 5.02 Å². The van der Waals surface area contributed by atoms with E-state index in [1.54, 1.807) is 24.3 Å². The summed E-state index contributed by atoms with van der Waals surface area (Å²) in [7, 11) is 0. The Labute approximate surface area is 102 Å². The van der Waals surface area contributed by atoms with Gasteiger partial charge in [0.15, 0.2) is 0 Å². The third-order valence-corrected chi connectivity index (χ3v) is 2.48. The van der Waals surface area contributed by atoms with E-state index in [0.29, 0.717) is 16.4 Å². The molecular formula is C11H9ClN2O3. The van der Waals surface area contributed by atoms with Crippen molar-refractivity contribution in [3.05, 3.63) is 29.3 Å². The Morgan fingerprint density at radius 3 is 2.94 bits per heavy atom. The lowest BCUT2D eigenvalue weighted by atomic mass is 10.2. The van der Waals surface area contributed by atoms with Crippen LogP contribution in [0.2, 0.25) is 5.02 Å². The second kappa shape index (κ2) is 4.55. The van der Waals surface area contributed by atoms with Gasteiger partial charge >= 0.3 is 5.97 Å². The van der Waals surface area contributed by atoms with Crippen LogP contribution in [0.15, 0.2) is 29.4 Å². The summed E-state index contributed by atoms with van der Waals surface area (Å²) in [5.74, 6) is -1.24. The van der Waals surface area contributed by atoms with Crippen molar-refractivity contribution in [1.82, 2.24) is 0 Å². The van der Waals surface area contributed by atoms with E-state index < -0.39 is 5.97 Å². The first-order chi connectivity index (χ1) is 8.06. The van der Waals surface area contributed by atoms with Crippen molar-refractivity contribution in [3.63, 3.8) is 0 Å². The molecule has 0 aromatic heterocycles. The lowest BCUT2D eigenvalue weighted by Crippen LogP contribution is -2.19. The summed E-state index contributed by atoms with van der Waals surface area (Å²) in [5, 5.41) is 14.3. The van der Waals surface area contributed by atoms with Gasteiger partial charge in [-0.3, -0.25) is 9.59 Å². The average Bonchev–Trinajstić information content (AvgIpc) is 2.58. The highest BCUT2D eigenvalue weighted by molar-refractivity contribution is 6.31. The molecule has 6 heteroatoms. The topological polar surface area (TPSA) is 70.0 Å². The molecule has 1 aliphatic rings. The number of carboxylic acids is 1. The normalized spacial score (nSPS) is 15.0. The quantitative estimate of drug-likeness (QED) is 0.893. The molecule has 0 unspecified atom stereocenters. The number of carbonyl (C=O) groups excluding carboxylic acids is 1. The zero-order valence-electron chi connectivity index (χ0n) is 8.76. The highest BCUT2D eigenvalue weighted by atomic mass is 35.5. The first-order valence-electron chi connectivity index (χ1n) is 4.93. The first kappa shape index (κ1) is 11.6. The van der Waals surface area contributed by atoms with Gasteiger partial charge in [-0.15, -0.1) is 0 Å². The van der Waals surface area contributed by atoms with Gasteiger partial charge in [-0.05, 0) is 18.2 Å². The number of nitrogens with zero attached hydrogens (tertiary/aromatic N) is 2. The molecule has 0 saturated carbocycles. The number of rotatable bonds is 3. The molecule has 0 fully saturated rings. The summed E-state index contributed by atoms with van der Waals surface area (Å²) in [6, 6.07) is 6.69. The predicted octanol–water partition coefficient (Wildman–Crippen LogP) is 1.91. The number of carbonyl (C=O) groups is 2. The van der Waals surface area contributed by atoms with Crippen molar-refractivity contribution in [2.24, 2.45) is 5.10 Å². The van der Waals surface area contributed by atoms with Crippen LogP contribution < -0.4 is 5.01 Å². The zero-order chi connectivity index (χ0) is 12.4. The van der Waals surface area contributed by atoms with Gasteiger partial charge in [-0.2, -0.15) is 5.10 Å². The molecule has 17 heavy (non-hydrogen) atoms. The van der Waals surface area contributed by atoms with Crippen molar-refractivity contribution < 1.29 is 14.7 Å². The number of halogens is 1. The zero-order valence-corrected chi connectivity index (χ0v) is 9.52. The fourth-order valence-corrected chi connectivity index (χ4v) is 1.75. The van der Waals surface area contributed by atoms with E-state index >= 15 is 0 Å². The Balaban J connectivity index is 2.24. The minimum Gasteiger partial charge on any atom is -0.481 e. The number of carboxylic acid groups (broad SMARTS) is 1. The van der Waals surface area contributed by atoms with E-state index in [0.717, 1.165) is 0 Å². The molecule has 0 aliphatic carbocycles. The van der Waals surface area contributed by atoms with E-state index in [4.69, 9.17) is 16.7 Å². The number of hydrogen-bond acceptors (Lipinski definition) is 3. The maximum atomic E-state index is 11.7. The number of amides is 1. The van der Waals surface area contributed by atoms with Crippen molar-refractivity contribution in [3.8, 4) is 0 Å². The molecule has 1 N–H and O–H groups in total. The minimum absolute atomic E-state index is 0.0405. The number of hydrazone groups is 1. The summed E-state index contributed by atoms with van der Waals surface area (Å²) >= 11 is 5.81. The highest BCUT2D eigenvalue weighted by Gasteiger charge is 2.26. The largest absolute Gasteiger partial charge is 0.481 e. The molecule has 1 aliphatic heterocycles. The predicted molar refractivity (Wildman–Crippen MR) is 63.2 cm³/mol. The lowest BCUT2D eigenvalue weighted by molar-refractivity contribution is -0.135. The number of anilines is 1. The number of hydrogen-bond donors (Lipinski definition) is 1. The molecule has 2 rings (SSSR count). The van der Waals surface area contributed by atoms with Crippen LogP contribution in [0.3, 0.4) is 0 Å². The van der Waals surface area contributed by atoms with Gasteiger partial charge < -0.3 is 5.11 Å². The Hall–Kier alpha value is -1.88. The van der Waals surface area contributed by atoms with E-state index in [9.17, 15) is 9.59 Å². The van der Waals surface area contributed by atoms with Crippen LogP contribution >= 0.6 is 11.6 Å². The average molecular weight is 253 g/mol. The van der Waals surface area contributed by atoms with E-state index in [2.05, 4.69) is 5.10 Å². The van der Waals surface area contributed by atoms with E-state index in [1.807, 2.05) is 0 Å². The molecule has 0 atom stereocenters. The van der Waals surface area contributed by atoms with E-state index in [1.165, 1.54) is 5.01 Å². The summed E-state index contributed by atoms with van der Waals surface area (Å²) in [5.41, 5.74) is 0.894. The van der Waals surface area contributed by atoms with Gasteiger partial charge in [0.2, 0.25) is 0 Å². The van der Waals surface area contributed by atoms with Crippen molar-refractivity contribution in [2.75, 3.05) is 5.01 Å². The van der Waals surface area contributed by atoms with Crippen LogP contribution in [0, 0.1) is 0 Å². The Morgan fingerprint density at radius 1 is 1.53 bits per heavy atom. The first-order valence-corrected chi connectivity index (χ1v) is 5.31. The van der Waals surface area contributed by atoms with Gasteiger partial charge in [0.25, 0.3) is 5.91 Å². The molecule has 0 radical (unpaired) electrons. The molecule has 0 spiro atoms. The van der Waals surface area contributed by atoms with Crippen LogP contribution in [-0.2, 0) is 9.59 Å². The maximum Gasteiger partial charge on any atom is 0.309 e. The van der Waals surface area contributed by atoms with Gasteiger partial charge in [-0.1, -0.05) is 17.7 Å². The summed E-state index contributed by atoms with van der Waals surface area (Å²) in [6.45, 7) is 0. The number of aliphatic carboxylic acids is 1. The standard InChI is InChI=1S/C11H9ClN2O3/c12-7-2-1-3-9(4-7)14-10(15)5-8(13-14)6-11(16)17/h1-4H,5-6H2,(H,16,17). The molecule has 1 heterocycles. The van der Waals surface area contributed by atoms with Gasteiger partial charge in [0.1, 0.15) is 0 Å². The van der Waals surface area contributed by atoms with Crippen LogP contribution in [0.4, 0.5) is 5.69 Å². The maximum absolute atomic E-state index is 11.7. The summed E-state index contributed by atoms with van der Waals surface area (Å²) in [6.07, 6.45) is -0.179. The number of benzene rings is 1. The molecule has 0 saturated heterocycles.